The second-order valence-electron chi connectivity index (χ2n) is 21.2. The zero-order chi connectivity index (χ0) is 58.6. The maximum atomic E-state index is 15.3. The molecule has 2 bridgehead atoms. The first kappa shape index (κ1) is 59.8. The number of nitrogens with one attached hydrogen (secondary N) is 1. The third-order valence-electron chi connectivity index (χ3n) is 16.9. The first-order valence-corrected chi connectivity index (χ1v) is 25.3. The number of H-pyrrole nitrogens is 1. The van der Waals surface area contributed by atoms with Gasteiger partial charge in [0.05, 0.1) is 27.4 Å². The van der Waals surface area contributed by atoms with E-state index >= 15 is 13.6 Å². The maximum Gasteiger partial charge on any atom is 0.344 e. The summed E-state index contributed by atoms with van der Waals surface area (Å²) in [5, 5.41) is 79.2. The van der Waals surface area contributed by atoms with Gasteiger partial charge < -0.3 is 74.8 Å². The van der Waals surface area contributed by atoms with Crippen LogP contribution in [0.4, 0.5) is 14.5 Å². The lowest BCUT2D eigenvalue weighted by Crippen LogP contribution is -2.81. The monoisotopic (exact) mass is 1120 g/mol. The highest BCUT2D eigenvalue weighted by Crippen LogP contribution is 2.68. The van der Waals surface area contributed by atoms with Crippen LogP contribution in [0.2, 0.25) is 0 Å². The van der Waals surface area contributed by atoms with Gasteiger partial charge in [-0.2, -0.15) is 0 Å². The van der Waals surface area contributed by atoms with Crippen LogP contribution in [0.3, 0.4) is 0 Å². The molecule has 2 saturated heterocycles. The molecule has 2 aromatic carbocycles. The molecule has 1 aromatic heterocycles. The normalized spacial score (nSPS) is 30.7. The minimum absolute atomic E-state index is 0.155. The van der Waals surface area contributed by atoms with Gasteiger partial charge in [-0.15, -0.1) is 0 Å². The summed E-state index contributed by atoms with van der Waals surface area (Å²) in [6, 6.07) is 10.3. The highest BCUT2D eigenvalue weighted by molar-refractivity contribution is 5.95. The second-order valence-corrected chi connectivity index (χ2v) is 21.2. The molecular weight excluding hydrogens is 1050 g/mol. The van der Waals surface area contributed by atoms with Crippen LogP contribution in [0.15, 0.2) is 48.6 Å². The van der Waals surface area contributed by atoms with Gasteiger partial charge in [0.1, 0.15) is 11.2 Å². The minimum Gasteiger partial charge on any atom is -0.496 e. The van der Waals surface area contributed by atoms with Crippen LogP contribution in [0, 0.1) is 17.3 Å². The Balaban J connectivity index is 0.000000384. The largest absolute Gasteiger partial charge is 0.496 e. The standard InChI is InChI=1S/C45H54F2N4O8.2C4H6O6/c1-8-42-14-11-16-51-17-15-43(36(42)51)30-19-31(34(56-5)20-33(30)49(4)37(43)45(55,40(54)58-7)38(42)59-25(2)52)44(39(53)57-6)21-26-18-27(41(3,46)47)23-50(22-26)24-29-28-12-9-10-13-32(28)48-35(29)44;2*5-1(3(7)8)2(6)4(9)10/h9-14,19-20,26-27,36-38,48,55H,8,15-18,21-24H2,1-7H3;2*1-2,5-6H,(H,7,8)(H,9,10)/t26?,27?,36?,37?,38?,42-,43-,44+,45+;;/m1../s1. The predicted octanol–water partition coefficient (Wildman–Crippen LogP) is 0.834. The molecule has 1 aliphatic carbocycles. The van der Waals surface area contributed by atoms with Crippen molar-refractivity contribution in [2.45, 2.75) is 118 Å². The lowest BCUT2D eigenvalue weighted by molar-refractivity contribution is -0.228. The van der Waals surface area contributed by atoms with Gasteiger partial charge in [-0.1, -0.05) is 37.3 Å². The zero-order valence-electron chi connectivity index (χ0n) is 44.3. The van der Waals surface area contributed by atoms with Crippen LogP contribution in [0.5, 0.6) is 5.75 Å². The van der Waals surface area contributed by atoms with E-state index in [1.54, 1.807) is 0 Å². The average molecular weight is 1120 g/mol. The number of aromatic amines is 1. The smallest absolute Gasteiger partial charge is 0.344 e. The number of carboxylic acid groups (broad SMARTS) is 4. The number of fused-ring (bicyclic) bond motifs is 6. The molecule has 10 unspecified atom stereocenters. The van der Waals surface area contributed by atoms with E-state index < -0.39 is 112 Å². The Morgan fingerprint density at radius 1 is 0.835 bits per heavy atom. The van der Waals surface area contributed by atoms with Crippen molar-refractivity contribution >= 4 is 58.4 Å². The highest BCUT2D eigenvalue weighted by Gasteiger charge is 2.80. The van der Waals surface area contributed by atoms with Crippen LogP contribution >= 0.6 is 0 Å². The van der Waals surface area contributed by atoms with E-state index in [9.17, 15) is 33.9 Å². The number of para-hydroxylation sites is 1. The Morgan fingerprint density at radius 2 is 1.42 bits per heavy atom. The predicted molar refractivity (Wildman–Crippen MR) is 269 cm³/mol. The number of hydrogen-bond donors (Lipinski definition) is 10. The van der Waals surface area contributed by atoms with Gasteiger partial charge in [0, 0.05) is 96.9 Å². The number of aliphatic carboxylic acids is 4. The van der Waals surface area contributed by atoms with Crippen molar-refractivity contribution < 1.29 is 107 Å². The van der Waals surface area contributed by atoms with Crippen molar-refractivity contribution in [3.63, 3.8) is 0 Å². The number of aliphatic hydroxyl groups excluding tert-OH is 4. The summed E-state index contributed by atoms with van der Waals surface area (Å²) in [7, 11) is 5.94. The van der Waals surface area contributed by atoms with Crippen LogP contribution in [0.1, 0.15) is 68.8 Å². The topological polar surface area (TPSA) is 364 Å². The fraction of sp³-hybridized carbons (Fsp3) is 0.566. The SMILES string of the molecule is CC[C@]12C=CCN3CC[C@@]4(c5cc([C@@]6(C(=O)OC)CC7CC(C(C)(F)F)CN(Cc8c6[nH]c6ccccc86)C7)c(OC)cc5N(C)C4[C@@](O)(C(=O)OC)C1OC(C)=O)C32.O=C(O)C(O)C(O)C(=O)O.O=C(O)C(O)C(O)C(=O)O. The van der Waals surface area contributed by atoms with Gasteiger partial charge in [0.25, 0.3) is 0 Å². The number of carbonyl (C=O) groups excluding carboxylic acids is 3. The van der Waals surface area contributed by atoms with Gasteiger partial charge in [-0.3, -0.25) is 19.4 Å². The Morgan fingerprint density at radius 3 is 1.94 bits per heavy atom. The molecule has 5 aliphatic heterocycles. The lowest BCUT2D eigenvalue weighted by Gasteiger charge is -2.63. The molecule has 1 spiro atoms. The fourth-order valence-corrected chi connectivity index (χ4v) is 13.8. The molecule has 24 nitrogen and oxygen atoms in total. The minimum atomic E-state index is -2.94. The number of carboxylic acids is 4. The van der Waals surface area contributed by atoms with Crippen molar-refractivity contribution in [3.05, 3.63) is 70.9 Å². The summed E-state index contributed by atoms with van der Waals surface area (Å²) >= 11 is 0. The first-order valence-electron chi connectivity index (χ1n) is 25.3. The molecular formula is C53H66F2N4O20. The quantitative estimate of drug-likeness (QED) is 0.0644. The summed E-state index contributed by atoms with van der Waals surface area (Å²) in [6.07, 6.45) is -5.03. The van der Waals surface area contributed by atoms with E-state index in [-0.39, 0.29) is 31.3 Å². The summed E-state index contributed by atoms with van der Waals surface area (Å²) in [5.74, 6) is -13.0. The maximum absolute atomic E-state index is 15.3. The number of aliphatic hydroxyl groups is 5. The third-order valence-corrected chi connectivity index (χ3v) is 16.9. The number of halogens is 2. The number of carbonyl (C=O) groups is 7. The van der Waals surface area contributed by atoms with Gasteiger partial charge >= 0.3 is 41.8 Å². The molecule has 0 radical (unpaired) electrons. The van der Waals surface area contributed by atoms with Gasteiger partial charge in [-0.05, 0) is 68.3 Å². The van der Waals surface area contributed by atoms with Crippen LogP contribution in [-0.4, -0.2) is 211 Å². The Labute approximate surface area is 450 Å². The molecule has 10 N–H and O–H groups in total. The summed E-state index contributed by atoms with van der Waals surface area (Å²) in [6.45, 7) is 6.55. The molecule has 1 saturated carbocycles. The molecule has 6 aliphatic rings. The average Bonchev–Trinajstić information content (AvgIpc) is 2.36. The van der Waals surface area contributed by atoms with Crippen LogP contribution < -0.4 is 9.64 Å². The van der Waals surface area contributed by atoms with Crippen molar-refractivity contribution in [2.75, 3.05) is 59.5 Å². The summed E-state index contributed by atoms with van der Waals surface area (Å²) in [5.41, 5.74) is -1.64. The molecule has 26 heteroatoms. The zero-order valence-corrected chi connectivity index (χ0v) is 44.3. The number of benzene rings is 2. The van der Waals surface area contributed by atoms with Gasteiger partial charge in [-0.25, -0.2) is 32.8 Å². The number of nitrogens with zero attached hydrogens (tertiary/aromatic N) is 3. The van der Waals surface area contributed by atoms with E-state index in [4.69, 9.17) is 59.8 Å². The van der Waals surface area contributed by atoms with E-state index in [1.165, 1.54) is 28.3 Å². The number of methoxy groups -OCH3 is 3. The van der Waals surface area contributed by atoms with Crippen molar-refractivity contribution in [3.8, 4) is 5.75 Å². The lowest BCUT2D eigenvalue weighted by atomic mass is 9.47. The van der Waals surface area contributed by atoms with Crippen molar-refractivity contribution in [1.29, 1.82) is 0 Å². The number of ether oxygens (including phenoxy) is 4. The van der Waals surface area contributed by atoms with E-state index in [1.807, 2.05) is 67.4 Å². The van der Waals surface area contributed by atoms with E-state index in [0.29, 0.717) is 61.7 Å². The Hall–Kier alpha value is -6.81. The molecule has 9 rings (SSSR count). The highest BCUT2D eigenvalue weighted by atomic mass is 19.3. The van der Waals surface area contributed by atoms with Crippen molar-refractivity contribution in [2.24, 2.45) is 17.3 Å². The number of esters is 3. The van der Waals surface area contributed by atoms with Gasteiger partial charge in [0.15, 0.2) is 30.5 Å². The molecule has 432 valence electrons. The summed E-state index contributed by atoms with van der Waals surface area (Å²) < 4.78 is 54.3. The van der Waals surface area contributed by atoms with Crippen LogP contribution in [0.25, 0.3) is 10.9 Å². The van der Waals surface area contributed by atoms with Crippen molar-refractivity contribution in [1.82, 2.24) is 14.8 Å². The molecule has 3 fully saturated rings. The number of alkyl halides is 2. The Kier molecular flexibility index (Phi) is 16.7. The fourth-order valence-electron chi connectivity index (χ4n) is 13.8. The number of likely N-dealkylation sites (N-methyl/N-ethyl adjacent to an activating group) is 1. The van der Waals surface area contributed by atoms with Gasteiger partial charge in [0.2, 0.25) is 11.5 Å². The first-order chi connectivity index (χ1) is 37.0. The molecule has 6 heterocycles. The van der Waals surface area contributed by atoms with Crippen LogP contribution in [-0.2, 0) is 65.1 Å². The third kappa shape index (κ3) is 9.73. The van der Waals surface area contributed by atoms with E-state index in [0.717, 1.165) is 29.0 Å². The number of piperidine rings is 1. The number of rotatable bonds is 13. The number of aromatic nitrogens is 1. The molecule has 79 heavy (non-hydrogen) atoms. The molecule has 0 amide bonds. The number of anilines is 1. The molecule has 14 atom stereocenters. The summed E-state index contributed by atoms with van der Waals surface area (Å²) in [4.78, 5) is 91.6. The second kappa shape index (κ2) is 22.0. The Bertz CT molecular complexity index is 2860. The number of hydrogen-bond acceptors (Lipinski definition) is 19. The molecule has 3 aromatic rings. The van der Waals surface area contributed by atoms with E-state index in [2.05, 4.69) is 14.8 Å².